The average molecular weight is 336 g/mol. The normalized spacial score (nSPS) is 12.2. The van der Waals surface area contributed by atoms with Crippen molar-refractivity contribution in [3.8, 4) is 0 Å². The fourth-order valence-electron chi connectivity index (χ4n) is 1.49. The van der Waals surface area contributed by atoms with Gasteiger partial charge in [0.15, 0.2) is 0 Å². The van der Waals surface area contributed by atoms with Crippen molar-refractivity contribution < 1.29 is 14.3 Å². The Bertz CT molecular complexity index is 411. The molecular weight excluding hydrogens is 321 g/mol. The van der Waals surface area contributed by atoms with Crippen molar-refractivity contribution in [2.45, 2.75) is 12.5 Å². The fourth-order valence-corrected chi connectivity index (χ4v) is 2.57. The van der Waals surface area contributed by atoms with Gasteiger partial charge in [-0.2, -0.15) is 11.8 Å². The SMILES string of the molecule is CSCC(CCO)NC(=O)c1cc(F)ccc1Br. The van der Waals surface area contributed by atoms with Crippen molar-refractivity contribution in [1.29, 1.82) is 0 Å². The third kappa shape index (κ3) is 4.59. The summed E-state index contributed by atoms with van der Waals surface area (Å²) in [6.45, 7) is 0.00975. The van der Waals surface area contributed by atoms with Gasteiger partial charge in [0.05, 0.1) is 5.56 Å². The molecule has 0 aliphatic heterocycles. The number of amides is 1. The average Bonchev–Trinajstić information content (AvgIpc) is 2.33. The molecule has 1 rings (SSSR count). The van der Waals surface area contributed by atoms with Gasteiger partial charge in [0, 0.05) is 22.9 Å². The zero-order valence-electron chi connectivity index (χ0n) is 9.95. The standard InChI is InChI=1S/C12H15BrFNO2S/c1-18-7-9(4-5-16)15-12(17)10-6-8(14)2-3-11(10)13/h2-3,6,9,16H,4-5,7H2,1H3,(H,15,17). The first-order valence-electron chi connectivity index (χ1n) is 5.44. The van der Waals surface area contributed by atoms with Crippen molar-refractivity contribution in [3.05, 3.63) is 34.1 Å². The Hall–Kier alpha value is -0.590. The molecule has 3 nitrogen and oxygen atoms in total. The van der Waals surface area contributed by atoms with E-state index < -0.39 is 5.82 Å². The van der Waals surface area contributed by atoms with Crippen molar-refractivity contribution in [2.75, 3.05) is 18.6 Å². The lowest BCUT2D eigenvalue weighted by Gasteiger charge is -2.17. The Labute approximate surface area is 118 Å². The molecule has 0 heterocycles. The molecule has 0 saturated heterocycles. The summed E-state index contributed by atoms with van der Waals surface area (Å²) < 4.78 is 13.6. The largest absolute Gasteiger partial charge is 0.396 e. The molecule has 1 unspecified atom stereocenters. The van der Waals surface area contributed by atoms with Crippen molar-refractivity contribution in [1.82, 2.24) is 5.32 Å². The number of hydrogen-bond donors (Lipinski definition) is 2. The highest BCUT2D eigenvalue weighted by atomic mass is 79.9. The van der Waals surface area contributed by atoms with Crippen molar-refractivity contribution >= 4 is 33.6 Å². The summed E-state index contributed by atoms with van der Waals surface area (Å²) in [6.07, 6.45) is 2.41. The minimum atomic E-state index is -0.452. The maximum Gasteiger partial charge on any atom is 0.252 e. The molecule has 18 heavy (non-hydrogen) atoms. The highest BCUT2D eigenvalue weighted by molar-refractivity contribution is 9.10. The number of carbonyl (C=O) groups is 1. The number of carbonyl (C=O) groups excluding carboxylic acids is 1. The molecule has 100 valence electrons. The van der Waals surface area contributed by atoms with Gasteiger partial charge in [-0.3, -0.25) is 4.79 Å². The fraction of sp³-hybridized carbons (Fsp3) is 0.417. The van der Waals surface area contributed by atoms with E-state index in [-0.39, 0.29) is 24.1 Å². The quantitative estimate of drug-likeness (QED) is 0.839. The highest BCUT2D eigenvalue weighted by Crippen LogP contribution is 2.18. The molecule has 0 aliphatic carbocycles. The molecule has 6 heteroatoms. The highest BCUT2D eigenvalue weighted by Gasteiger charge is 2.15. The van der Waals surface area contributed by atoms with Gasteiger partial charge in [0.1, 0.15) is 5.82 Å². The zero-order valence-corrected chi connectivity index (χ0v) is 12.4. The molecule has 1 amide bonds. The van der Waals surface area contributed by atoms with Crippen LogP contribution in [0.5, 0.6) is 0 Å². The second kappa shape index (κ2) is 7.76. The monoisotopic (exact) mass is 335 g/mol. The van der Waals surface area contributed by atoms with Gasteiger partial charge < -0.3 is 10.4 Å². The maximum absolute atomic E-state index is 13.1. The lowest BCUT2D eigenvalue weighted by molar-refractivity contribution is 0.0934. The molecule has 0 aliphatic rings. The number of benzene rings is 1. The van der Waals surface area contributed by atoms with Crippen LogP contribution in [-0.4, -0.2) is 35.7 Å². The van der Waals surface area contributed by atoms with E-state index in [1.54, 1.807) is 11.8 Å². The van der Waals surface area contributed by atoms with E-state index in [4.69, 9.17) is 5.11 Å². The third-order valence-electron chi connectivity index (χ3n) is 2.35. The molecule has 2 N–H and O–H groups in total. The first kappa shape index (κ1) is 15.5. The van der Waals surface area contributed by atoms with Crippen LogP contribution in [-0.2, 0) is 0 Å². The van der Waals surface area contributed by atoms with Crippen LogP contribution in [0, 0.1) is 5.82 Å². The lowest BCUT2D eigenvalue weighted by Crippen LogP contribution is -2.37. The third-order valence-corrected chi connectivity index (χ3v) is 3.78. The minimum absolute atomic E-state index is 0.00975. The van der Waals surface area contributed by atoms with Crippen LogP contribution in [0.25, 0.3) is 0 Å². The second-order valence-electron chi connectivity index (χ2n) is 3.76. The van der Waals surface area contributed by atoms with Crippen LogP contribution in [0.3, 0.4) is 0 Å². The molecule has 1 aromatic rings. The summed E-state index contributed by atoms with van der Waals surface area (Å²) in [5, 5.41) is 11.7. The number of rotatable bonds is 6. The van der Waals surface area contributed by atoms with Crippen molar-refractivity contribution in [3.63, 3.8) is 0 Å². The molecule has 0 spiro atoms. The van der Waals surface area contributed by atoms with E-state index in [0.29, 0.717) is 16.6 Å². The Morgan fingerprint density at radius 2 is 2.33 bits per heavy atom. The molecule has 0 radical (unpaired) electrons. The van der Waals surface area contributed by atoms with Gasteiger partial charge in [0.2, 0.25) is 0 Å². The molecule has 0 aromatic heterocycles. The van der Waals surface area contributed by atoms with Gasteiger partial charge in [-0.05, 0) is 46.8 Å². The maximum atomic E-state index is 13.1. The predicted molar refractivity (Wildman–Crippen MR) is 75.4 cm³/mol. The summed E-state index contributed by atoms with van der Waals surface area (Å²) in [6, 6.07) is 3.86. The van der Waals surface area contributed by atoms with Crippen LogP contribution in [0.15, 0.2) is 22.7 Å². The van der Waals surface area contributed by atoms with Crippen LogP contribution in [0.1, 0.15) is 16.8 Å². The Kier molecular flexibility index (Phi) is 6.67. The minimum Gasteiger partial charge on any atom is -0.396 e. The van der Waals surface area contributed by atoms with Gasteiger partial charge in [-0.25, -0.2) is 4.39 Å². The lowest BCUT2D eigenvalue weighted by atomic mass is 10.1. The number of nitrogens with one attached hydrogen (secondary N) is 1. The number of hydrogen-bond acceptors (Lipinski definition) is 3. The van der Waals surface area contributed by atoms with Crippen LogP contribution >= 0.6 is 27.7 Å². The van der Waals surface area contributed by atoms with E-state index in [0.717, 1.165) is 0 Å². The van der Waals surface area contributed by atoms with Gasteiger partial charge >= 0.3 is 0 Å². The zero-order chi connectivity index (χ0) is 13.5. The van der Waals surface area contributed by atoms with Gasteiger partial charge in [0.25, 0.3) is 5.91 Å². The van der Waals surface area contributed by atoms with Crippen molar-refractivity contribution in [2.24, 2.45) is 0 Å². The first-order valence-corrected chi connectivity index (χ1v) is 7.63. The topological polar surface area (TPSA) is 49.3 Å². The number of halogens is 2. The van der Waals surface area contributed by atoms with Crippen LogP contribution in [0.2, 0.25) is 0 Å². The summed E-state index contributed by atoms with van der Waals surface area (Å²) in [5.74, 6) is -0.0834. The number of thioether (sulfide) groups is 1. The summed E-state index contributed by atoms with van der Waals surface area (Å²) >= 11 is 4.80. The molecular formula is C12H15BrFNO2S. The first-order chi connectivity index (χ1) is 8.58. The molecule has 1 aromatic carbocycles. The predicted octanol–water partition coefficient (Wildman–Crippen LogP) is 2.43. The van der Waals surface area contributed by atoms with E-state index in [1.165, 1.54) is 18.2 Å². The molecule has 1 atom stereocenters. The van der Waals surface area contributed by atoms with E-state index >= 15 is 0 Å². The molecule has 0 saturated carbocycles. The Morgan fingerprint density at radius 1 is 1.61 bits per heavy atom. The van der Waals surface area contributed by atoms with Crippen LogP contribution in [0.4, 0.5) is 4.39 Å². The number of aliphatic hydroxyl groups is 1. The summed E-state index contributed by atoms with van der Waals surface area (Å²) in [5.41, 5.74) is 0.263. The molecule has 0 fully saturated rings. The van der Waals surface area contributed by atoms with E-state index in [1.807, 2.05) is 6.26 Å². The van der Waals surface area contributed by atoms with E-state index in [9.17, 15) is 9.18 Å². The summed E-state index contributed by atoms with van der Waals surface area (Å²) in [4.78, 5) is 12.0. The Morgan fingerprint density at radius 3 is 2.94 bits per heavy atom. The smallest absolute Gasteiger partial charge is 0.252 e. The van der Waals surface area contributed by atoms with Gasteiger partial charge in [-0.15, -0.1) is 0 Å². The van der Waals surface area contributed by atoms with E-state index in [2.05, 4.69) is 21.2 Å². The number of aliphatic hydroxyl groups excluding tert-OH is 1. The Balaban J connectivity index is 2.76. The van der Waals surface area contributed by atoms with Gasteiger partial charge in [-0.1, -0.05) is 0 Å². The summed E-state index contributed by atoms with van der Waals surface area (Å²) in [7, 11) is 0. The molecule has 0 bridgehead atoms. The second-order valence-corrected chi connectivity index (χ2v) is 5.53. The van der Waals surface area contributed by atoms with Crippen LogP contribution < -0.4 is 5.32 Å².